The molecule has 0 fully saturated rings. The molecule has 0 saturated heterocycles. The van der Waals surface area contributed by atoms with Gasteiger partial charge in [0.2, 0.25) is 0 Å². The van der Waals surface area contributed by atoms with Crippen molar-refractivity contribution in [1.29, 1.82) is 0 Å². The van der Waals surface area contributed by atoms with Crippen molar-refractivity contribution in [2.24, 2.45) is 0 Å². The predicted octanol–water partition coefficient (Wildman–Crippen LogP) is 3.23. The molecule has 0 aliphatic carbocycles. The standard InChI is InChI=1S/C14H20N2O2/c1-4-14-16-12-9-11(5-6-13(12)18-14)15-10(2)7-8-17-3/h5-6,9-10,15H,4,7-8H2,1-3H3. The smallest absolute Gasteiger partial charge is 0.195 e. The monoisotopic (exact) mass is 248 g/mol. The summed E-state index contributed by atoms with van der Waals surface area (Å²) in [6, 6.07) is 6.39. The van der Waals surface area contributed by atoms with E-state index < -0.39 is 0 Å². The lowest BCUT2D eigenvalue weighted by molar-refractivity contribution is 0.191. The lowest BCUT2D eigenvalue weighted by Gasteiger charge is -2.14. The van der Waals surface area contributed by atoms with Crippen LogP contribution < -0.4 is 5.32 Å². The summed E-state index contributed by atoms with van der Waals surface area (Å²) in [6.07, 6.45) is 1.80. The van der Waals surface area contributed by atoms with Gasteiger partial charge in [-0.2, -0.15) is 0 Å². The number of aryl methyl sites for hydroxylation is 1. The highest BCUT2D eigenvalue weighted by Gasteiger charge is 2.06. The second kappa shape index (κ2) is 5.87. The number of oxazole rings is 1. The van der Waals surface area contributed by atoms with Crippen LogP contribution in [0, 0.1) is 0 Å². The van der Waals surface area contributed by atoms with Crippen LogP contribution in [0.1, 0.15) is 26.2 Å². The molecule has 0 bridgehead atoms. The van der Waals surface area contributed by atoms with E-state index in [9.17, 15) is 0 Å². The SMILES string of the molecule is CCc1nc2cc(NC(C)CCOC)ccc2o1. The van der Waals surface area contributed by atoms with Crippen LogP contribution in [0.4, 0.5) is 5.69 Å². The minimum atomic E-state index is 0.375. The van der Waals surface area contributed by atoms with Gasteiger partial charge in [-0.1, -0.05) is 6.92 Å². The Morgan fingerprint density at radius 1 is 1.44 bits per heavy atom. The van der Waals surface area contributed by atoms with Gasteiger partial charge in [0.1, 0.15) is 5.52 Å². The zero-order chi connectivity index (χ0) is 13.0. The van der Waals surface area contributed by atoms with Crippen LogP contribution >= 0.6 is 0 Å². The summed E-state index contributed by atoms with van der Waals surface area (Å²) in [5, 5.41) is 3.43. The van der Waals surface area contributed by atoms with E-state index in [0.717, 1.165) is 42.1 Å². The lowest BCUT2D eigenvalue weighted by atomic mass is 10.2. The van der Waals surface area contributed by atoms with E-state index in [0.29, 0.717) is 6.04 Å². The number of methoxy groups -OCH3 is 1. The minimum Gasteiger partial charge on any atom is -0.441 e. The normalized spacial score (nSPS) is 12.8. The molecular weight excluding hydrogens is 228 g/mol. The Balaban J connectivity index is 2.09. The maximum atomic E-state index is 5.58. The van der Waals surface area contributed by atoms with Gasteiger partial charge in [0.05, 0.1) is 0 Å². The van der Waals surface area contributed by atoms with Crippen molar-refractivity contribution in [1.82, 2.24) is 4.98 Å². The van der Waals surface area contributed by atoms with Crippen LogP contribution in [-0.2, 0) is 11.2 Å². The Bertz CT molecular complexity index is 507. The van der Waals surface area contributed by atoms with Crippen molar-refractivity contribution >= 4 is 16.8 Å². The third kappa shape index (κ3) is 3.01. The number of rotatable bonds is 6. The summed E-state index contributed by atoms with van der Waals surface area (Å²) in [7, 11) is 1.72. The molecule has 4 heteroatoms. The predicted molar refractivity (Wildman–Crippen MR) is 73.0 cm³/mol. The number of benzene rings is 1. The summed E-state index contributed by atoms with van der Waals surface area (Å²) in [5.41, 5.74) is 2.83. The Hall–Kier alpha value is -1.55. The molecule has 1 aromatic carbocycles. The van der Waals surface area contributed by atoms with Crippen LogP contribution in [0.3, 0.4) is 0 Å². The number of ether oxygens (including phenoxy) is 1. The van der Waals surface area contributed by atoms with Crippen molar-refractivity contribution < 1.29 is 9.15 Å². The summed E-state index contributed by atoms with van der Waals surface area (Å²) in [4.78, 5) is 4.43. The second-order valence-electron chi connectivity index (χ2n) is 4.47. The summed E-state index contributed by atoms with van der Waals surface area (Å²) in [5.74, 6) is 0.787. The van der Waals surface area contributed by atoms with Crippen LogP contribution in [0.2, 0.25) is 0 Å². The largest absolute Gasteiger partial charge is 0.441 e. The second-order valence-corrected chi connectivity index (χ2v) is 4.47. The van der Waals surface area contributed by atoms with Crippen molar-refractivity contribution in [2.75, 3.05) is 19.0 Å². The molecule has 4 nitrogen and oxygen atoms in total. The summed E-state index contributed by atoms with van der Waals surface area (Å²) >= 11 is 0. The van der Waals surface area contributed by atoms with Crippen LogP contribution in [0.5, 0.6) is 0 Å². The number of hydrogen-bond acceptors (Lipinski definition) is 4. The highest BCUT2D eigenvalue weighted by molar-refractivity contribution is 5.77. The topological polar surface area (TPSA) is 47.3 Å². The van der Waals surface area contributed by atoms with E-state index in [2.05, 4.69) is 17.2 Å². The maximum absolute atomic E-state index is 5.58. The Labute approximate surface area is 107 Å². The van der Waals surface area contributed by atoms with Crippen LogP contribution in [0.25, 0.3) is 11.1 Å². The van der Waals surface area contributed by atoms with Crippen molar-refractivity contribution in [3.63, 3.8) is 0 Å². The van der Waals surface area contributed by atoms with Gasteiger partial charge in [0.25, 0.3) is 0 Å². The molecule has 2 rings (SSSR count). The molecule has 0 spiro atoms. The summed E-state index contributed by atoms with van der Waals surface area (Å²) in [6.45, 7) is 4.94. The first-order valence-electron chi connectivity index (χ1n) is 6.38. The molecule has 1 atom stereocenters. The first kappa shape index (κ1) is 12.9. The highest BCUT2D eigenvalue weighted by Crippen LogP contribution is 2.21. The van der Waals surface area contributed by atoms with Gasteiger partial charge in [-0.3, -0.25) is 0 Å². The van der Waals surface area contributed by atoms with Crippen LogP contribution in [0.15, 0.2) is 22.6 Å². The molecule has 1 heterocycles. The third-order valence-corrected chi connectivity index (χ3v) is 2.90. The van der Waals surface area contributed by atoms with Gasteiger partial charge < -0.3 is 14.5 Å². The zero-order valence-electron chi connectivity index (χ0n) is 11.2. The average Bonchev–Trinajstić information content (AvgIpc) is 2.78. The van der Waals surface area contributed by atoms with E-state index in [1.165, 1.54) is 0 Å². The molecule has 1 N–H and O–H groups in total. The molecule has 1 unspecified atom stereocenters. The molecule has 0 saturated carbocycles. The minimum absolute atomic E-state index is 0.375. The quantitative estimate of drug-likeness (QED) is 0.852. The Morgan fingerprint density at radius 2 is 2.28 bits per heavy atom. The van der Waals surface area contributed by atoms with Gasteiger partial charge in [0.15, 0.2) is 11.5 Å². The molecule has 0 amide bonds. The fourth-order valence-corrected chi connectivity index (χ4v) is 1.87. The third-order valence-electron chi connectivity index (χ3n) is 2.90. The van der Waals surface area contributed by atoms with E-state index in [1.807, 2.05) is 25.1 Å². The molecular formula is C14H20N2O2. The maximum Gasteiger partial charge on any atom is 0.195 e. The highest BCUT2D eigenvalue weighted by atomic mass is 16.5. The Kier molecular flexibility index (Phi) is 4.20. The van der Waals surface area contributed by atoms with E-state index in [1.54, 1.807) is 7.11 Å². The molecule has 18 heavy (non-hydrogen) atoms. The number of nitrogens with zero attached hydrogens (tertiary/aromatic N) is 1. The number of nitrogens with one attached hydrogen (secondary N) is 1. The average molecular weight is 248 g/mol. The first-order chi connectivity index (χ1) is 8.72. The van der Waals surface area contributed by atoms with Crippen molar-refractivity contribution in [2.45, 2.75) is 32.7 Å². The Morgan fingerprint density at radius 3 is 3.00 bits per heavy atom. The lowest BCUT2D eigenvalue weighted by Crippen LogP contribution is -2.16. The van der Waals surface area contributed by atoms with Gasteiger partial charge in [-0.25, -0.2) is 4.98 Å². The number of aromatic nitrogens is 1. The number of hydrogen-bond donors (Lipinski definition) is 1. The van der Waals surface area contributed by atoms with Gasteiger partial charge >= 0.3 is 0 Å². The molecule has 1 aromatic heterocycles. The van der Waals surface area contributed by atoms with E-state index in [4.69, 9.17) is 9.15 Å². The molecule has 0 aliphatic heterocycles. The molecule has 0 radical (unpaired) electrons. The van der Waals surface area contributed by atoms with Gasteiger partial charge in [0, 0.05) is 31.9 Å². The van der Waals surface area contributed by atoms with Crippen molar-refractivity contribution in [3.8, 4) is 0 Å². The molecule has 0 aliphatic rings. The van der Waals surface area contributed by atoms with Gasteiger partial charge in [-0.15, -0.1) is 0 Å². The van der Waals surface area contributed by atoms with Gasteiger partial charge in [-0.05, 0) is 31.5 Å². The van der Waals surface area contributed by atoms with Crippen LogP contribution in [-0.4, -0.2) is 24.7 Å². The number of anilines is 1. The first-order valence-corrected chi connectivity index (χ1v) is 6.38. The molecule has 2 aromatic rings. The van der Waals surface area contributed by atoms with E-state index >= 15 is 0 Å². The van der Waals surface area contributed by atoms with Crippen molar-refractivity contribution in [3.05, 3.63) is 24.1 Å². The number of fused-ring (bicyclic) bond motifs is 1. The molecule has 98 valence electrons. The zero-order valence-corrected chi connectivity index (χ0v) is 11.2. The summed E-state index contributed by atoms with van der Waals surface area (Å²) < 4.78 is 10.7. The fraction of sp³-hybridized carbons (Fsp3) is 0.500. The van der Waals surface area contributed by atoms with E-state index in [-0.39, 0.29) is 0 Å². The fourth-order valence-electron chi connectivity index (χ4n) is 1.87.